The van der Waals surface area contributed by atoms with Crippen molar-refractivity contribution >= 4 is 27.2 Å². The molecule has 0 saturated carbocycles. The summed E-state index contributed by atoms with van der Waals surface area (Å²) in [7, 11) is 0. The molecule has 3 heterocycles. The van der Waals surface area contributed by atoms with Crippen LogP contribution < -0.4 is 4.90 Å². The predicted molar refractivity (Wildman–Crippen MR) is 103 cm³/mol. The number of benzene rings is 2. The van der Waals surface area contributed by atoms with Gasteiger partial charge in [0.15, 0.2) is 0 Å². The third kappa shape index (κ3) is 2.92. The lowest BCUT2D eigenvalue weighted by Crippen LogP contribution is -2.56. The van der Waals surface area contributed by atoms with Crippen molar-refractivity contribution < 1.29 is 4.74 Å². The molecule has 2 aromatic carbocycles. The molecular weight excluding hydrogens is 330 g/mol. The number of hydrogen-bond donors (Lipinski definition) is 0. The molecule has 0 unspecified atom stereocenters. The van der Waals surface area contributed by atoms with E-state index in [2.05, 4.69) is 57.2 Å². The van der Waals surface area contributed by atoms with Gasteiger partial charge in [0.05, 0.1) is 35.0 Å². The van der Waals surface area contributed by atoms with Crippen LogP contribution in [0.1, 0.15) is 0 Å². The Kier molecular flexibility index (Phi) is 3.93. The third-order valence-corrected chi connectivity index (χ3v) is 6.16. The molecule has 5 rings (SSSR count). The van der Waals surface area contributed by atoms with E-state index in [1.54, 1.807) is 11.3 Å². The van der Waals surface area contributed by atoms with Crippen molar-refractivity contribution in [2.45, 2.75) is 6.04 Å². The number of aromatic nitrogens is 1. The van der Waals surface area contributed by atoms with Gasteiger partial charge < -0.3 is 9.64 Å². The molecular formula is C20H21N3OS. The Balaban J connectivity index is 1.30. The topological polar surface area (TPSA) is 28.6 Å². The van der Waals surface area contributed by atoms with Gasteiger partial charge >= 0.3 is 0 Å². The number of nitrogens with zero attached hydrogens (tertiary/aromatic N) is 3. The first kappa shape index (κ1) is 15.3. The van der Waals surface area contributed by atoms with Crippen molar-refractivity contribution in [3.63, 3.8) is 0 Å². The second kappa shape index (κ2) is 6.41. The van der Waals surface area contributed by atoms with E-state index in [1.807, 2.05) is 5.51 Å². The second-order valence-corrected chi connectivity index (χ2v) is 7.68. The summed E-state index contributed by atoms with van der Waals surface area (Å²) in [6.45, 7) is 6.30. The Bertz CT molecular complexity index is 864. The van der Waals surface area contributed by atoms with E-state index in [0.717, 1.165) is 44.9 Å². The van der Waals surface area contributed by atoms with Crippen molar-refractivity contribution in [3.8, 4) is 11.1 Å². The van der Waals surface area contributed by atoms with Crippen LogP contribution >= 0.6 is 11.3 Å². The number of thiazole rings is 1. The van der Waals surface area contributed by atoms with E-state index in [1.165, 1.54) is 21.5 Å². The molecule has 0 bridgehead atoms. The van der Waals surface area contributed by atoms with E-state index in [9.17, 15) is 0 Å². The van der Waals surface area contributed by atoms with E-state index in [0.29, 0.717) is 6.04 Å². The fourth-order valence-electron chi connectivity index (χ4n) is 3.68. The van der Waals surface area contributed by atoms with Gasteiger partial charge in [-0.25, -0.2) is 4.98 Å². The van der Waals surface area contributed by atoms with Crippen molar-refractivity contribution in [1.82, 2.24) is 9.88 Å². The molecule has 0 aliphatic carbocycles. The Hall–Kier alpha value is -1.95. The first-order chi connectivity index (χ1) is 12.4. The van der Waals surface area contributed by atoms with Gasteiger partial charge in [0.1, 0.15) is 0 Å². The number of piperazine rings is 1. The molecule has 25 heavy (non-hydrogen) atoms. The molecule has 0 amide bonds. The summed E-state index contributed by atoms with van der Waals surface area (Å²) in [5.74, 6) is 0. The molecule has 2 aliphatic rings. The Morgan fingerprint density at radius 1 is 0.920 bits per heavy atom. The van der Waals surface area contributed by atoms with Gasteiger partial charge in [-0.15, -0.1) is 11.3 Å². The molecule has 0 spiro atoms. The van der Waals surface area contributed by atoms with Crippen molar-refractivity contribution in [1.29, 1.82) is 0 Å². The lowest BCUT2D eigenvalue weighted by molar-refractivity contribution is -0.0660. The molecule has 4 nitrogen and oxygen atoms in total. The molecule has 128 valence electrons. The zero-order valence-corrected chi connectivity index (χ0v) is 14.9. The fraction of sp³-hybridized carbons (Fsp3) is 0.350. The highest BCUT2D eigenvalue weighted by Crippen LogP contribution is 2.28. The number of fused-ring (bicyclic) bond motifs is 1. The Morgan fingerprint density at radius 3 is 2.40 bits per heavy atom. The summed E-state index contributed by atoms with van der Waals surface area (Å²) in [6.07, 6.45) is 0. The van der Waals surface area contributed by atoms with E-state index in [-0.39, 0.29) is 0 Å². The van der Waals surface area contributed by atoms with Crippen LogP contribution in [-0.2, 0) is 4.74 Å². The van der Waals surface area contributed by atoms with Gasteiger partial charge in [0.25, 0.3) is 0 Å². The SMILES string of the molecule is c1nc2cc(-c3ccc(N4CCN(C5COC5)CC4)cc3)ccc2s1. The molecule has 0 atom stereocenters. The Labute approximate surface area is 151 Å². The maximum atomic E-state index is 5.32. The maximum Gasteiger partial charge on any atom is 0.0818 e. The average molecular weight is 351 g/mol. The van der Waals surface area contributed by atoms with Crippen LogP contribution in [0.4, 0.5) is 5.69 Å². The smallest absolute Gasteiger partial charge is 0.0818 e. The summed E-state index contributed by atoms with van der Waals surface area (Å²) in [5.41, 5.74) is 6.81. The van der Waals surface area contributed by atoms with Gasteiger partial charge in [0, 0.05) is 31.9 Å². The summed E-state index contributed by atoms with van der Waals surface area (Å²) < 4.78 is 6.56. The molecule has 2 fully saturated rings. The zero-order valence-electron chi connectivity index (χ0n) is 14.1. The normalized spacial score (nSPS) is 19.3. The molecule has 3 aromatic rings. The number of hydrogen-bond acceptors (Lipinski definition) is 5. The van der Waals surface area contributed by atoms with E-state index in [4.69, 9.17) is 4.74 Å². The van der Waals surface area contributed by atoms with Crippen molar-refractivity contribution in [2.24, 2.45) is 0 Å². The first-order valence-electron chi connectivity index (χ1n) is 8.87. The van der Waals surface area contributed by atoms with Gasteiger partial charge in [0.2, 0.25) is 0 Å². The summed E-state index contributed by atoms with van der Waals surface area (Å²) in [4.78, 5) is 9.48. The maximum absolute atomic E-state index is 5.32. The standard InChI is InChI=1S/C20H21N3OS/c1-4-17(22-7-9-23(10-8-22)18-12-24-13-18)5-2-15(1)16-3-6-20-19(11-16)21-14-25-20/h1-6,11,14,18H,7-10,12-13H2. The summed E-state index contributed by atoms with van der Waals surface area (Å²) >= 11 is 1.69. The Morgan fingerprint density at radius 2 is 1.68 bits per heavy atom. The van der Waals surface area contributed by atoms with Gasteiger partial charge in [-0.1, -0.05) is 18.2 Å². The van der Waals surface area contributed by atoms with Crippen LogP contribution in [-0.4, -0.2) is 55.3 Å². The molecule has 0 radical (unpaired) electrons. The van der Waals surface area contributed by atoms with Crippen molar-refractivity contribution in [3.05, 3.63) is 48.0 Å². The molecule has 5 heteroatoms. The minimum atomic E-state index is 0.658. The highest BCUT2D eigenvalue weighted by atomic mass is 32.1. The molecule has 1 aromatic heterocycles. The van der Waals surface area contributed by atoms with Gasteiger partial charge in [-0.2, -0.15) is 0 Å². The third-order valence-electron chi connectivity index (χ3n) is 5.35. The number of rotatable bonds is 3. The number of ether oxygens (including phenoxy) is 1. The minimum absolute atomic E-state index is 0.658. The summed E-state index contributed by atoms with van der Waals surface area (Å²) in [5, 5.41) is 0. The zero-order chi connectivity index (χ0) is 16.6. The lowest BCUT2D eigenvalue weighted by Gasteiger charge is -2.43. The monoisotopic (exact) mass is 351 g/mol. The van der Waals surface area contributed by atoms with Crippen LogP contribution in [0.15, 0.2) is 48.0 Å². The molecule has 2 aliphatic heterocycles. The molecule has 2 saturated heterocycles. The largest absolute Gasteiger partial charge is 0.378 e. The van der Waals surface area contributed by atoms with E-state index < -0.39 is 0 Å². The predicted octanol–water partition coefficient (Wildman–Crippen LogP) is 3.48. The highest BCUT2D eigenvalue weighted by Gasteiger charge is 2.28. The van der Waals surface area contributed by atoms with Crippen LogP contribution in [0.2, 0.25) is 0 Å². The quantitative estimate of drug-likeness (QED) is 0.722. The summed E-state index contributed by atoms with van der Waals surface area (Å²) in [6, 6.07) is 16.2. The lowest BCUT2D eigenvalue weighted by atomic mass is 10.0. The van der Waals surface area contributed by atoms with Crippen LogP contribution in [0.5, 0.6) is 0 Å². The van der Waals surface area contributed by atoms with Crippen LogP contribution in [0.3, 0.4) is 0 Å². The second-order valence-electron chi connectivity index (χ2n) is 6.80. The number of anilines is 1. The van der Waals surface area contributed by atoms with Gasteiger partial charge in [-0.05, 0) is 35.4 Å². The minimum Gasteiger partial charge on any atom is -0.378 e. The van der Waals surface area contributed by atoms with Gasteiger partial charge in [-0.3, -0.25) is 4.90 Å². The van der Waals surface area contributed by atoms with Crippen LogP contribution in [0, 0.1) is 0 Å². The highest BCUT2D eigenvalue weighted by molar-refractivity contribution is 7.16. The van der Waals surface area contributed by atoms with E-state index >= 15 is 0 Å². The fourth-order valence-corrected chi connectivity index (χ4v) is 4.34. The molecule has 0 N–H and O–H groups in total. The first-order valence-corrected chi connectivity index (χ1v) is 9.75. The van der Waals surface area contributed by atoms with Crippen LogP contribution in [0.25, 0.3) is 21.3 Å². The average Bonchev–Trinajstić information content (AvgIpc) is 3.09. The van der Waals surface area contributed by atoms with Crippen molar-refractivity contribution in [2.75, 3.05) is 44.3 Å².